The van der Waals surface area contributed by atoms with Crippen molar-refractivity contribution >= 4 is 29.2 Å². The third-order valence-corrected chi connectivity index (χ3v) is 7.98. The Bertz CT molecular complexity index is 1240. The molecule has 20 heteroatoms. The van der Waals surface area contributed by atoms with Crippen molar-refractivity contribution in [3.63, 3.8) is 0 Å². The summed E-state index contributed by atoms with van der Waals surface area (Å²) in [5.74, 6) is -8.27. The van der Waals surface area contributed by atoms with Gasteiger partial charge in [-0.25, -0.2) is 14.4 Å². The number of pyridine rings is 1. The summed E-state index contributed by atoms with van der Waals surface area (Å²) in [5.41, 5.74) is 1.63. The van der Waals surface area contributed by atoms with Crippen molar-refractivity contribution in [1.82, 2.24) is 14.8 Å². The quantitative estimate of drug-likeness (QED) is 0.311. The van der Waals surface area contributed by atoms with Crippen LogP contribution in [0.4, 0.5) is 39.5 Å². The lowest BCUT2D eigenvalue weighted by Crippen LogP contribution is -2.41. The molecular weight excluding hydrogens is 693 g/mol. The van der Waals surface area contributed by atoms with Crippen LogP contribution in [0.25, 0.3) is 0 Å². The number of aliphatic carboxylic acids is 3. The Hall–Kier alpha value is -3.49. The minimum absolute atomic E-state index is 0.458. The third kappa shape index (κ3) is 15.6. The lowest BCUT2D eigenvalue weighted by Gasteiger charge is -2.39. The van der Waals surface area contributed by atoms with Gasteiger partial charge in [-0.1, -0.05) is 6.07 Å². The van der Waals surface area contributed by atoms with Crippen molar-refractivity contribution in [1.29, 1.82) is 0 Å². The van der Waals surface area contributed by atoms with Crippen molar-refractivity contribution in [2.75, 3.05) is 33.4 Å². The van der Waals surface area contributed by atoms with Gasteiger partial charge in [-0.2, -0.15) is 39.5 Å². The largest absolute Gasteiger partial charge is 0.490 e. The number of ether oxygens (including phenoxy) is 1. The van der Waals surface area contributed by atoms with E-state index in [4.69, 9.17) is 34.4 Å². The number of likely N-dealkylation sites (tertiary alicyclic amines) is 2. The molecule has 2 aliphatic heterocycles. The van der Waals surface area contributed by atoms with Gasteiger partial charge in [0.1, 0.15) is 0 Å². The number of aryl methyl sites for hydroxylation is 1. The Morgan fingerprint density at radius 1 is 0.875 bits per heavy atom. The topological polar surface area (TPSA) is 140 Å². The highest BCUT2D eigenvalue weighted by molar-refractivity contribution is 7.11. The van der Waals surface area contributed by atoms with E-state index in [2.05, 4.69) is 46.0 Å². The molecule has 0 aromatic carbocycles. The van der Waals surface area contributed by atoms with Crippen LogP contribution in [-0.2, 0) is 32.2 Å². The van der Waals surface area contributed by atoms with Gasteiger partial charge < -0.3 is 20.1 Å². The highest BCUT2D eigenvalue weighted by atomic mass is 32.1. The normalized spacial score (nSPS) is 18.0. The number of alkyl halides is 9. The predicted octanol–water partition coefficient (Wildman–Crippen LogP) is 5.85. The number of rotatable bonds is 6. The van der Waals surface area contributed by atoms with Crippen LogP contribution in [0.5, 0.6) is 0 Å². The van der Waals surface area contributed by atoms with Crippen molar-refractivity contribution in [3.8, 4) is 0 Å². The molecule has 1 spiro atoms. The number of hydrogen-bond donors (Lipinski definition) is 3. The van der Waals surface area contributed by atoms with Crippen molar-refractivity contribution in [2.24, 2.45) is 5.41 Å². The SMILES string of the molecule is COCC1CC2(CCN(Cc3ccc(C)s3)CC2)CN1Cc1ccccn1.O=C(O)C(F)(F)F.O=C(O)C(F)(F)F.O=C(O)C(F)(F)F. The lowest BCUT2D eigenvalue weighted by molar-refractivity contribution is -0.193. The van der Waals surface area contributed by atoms with Crippen LogP contribution < -0.4 is 0 Å². The van der Waals surface area contributed by atoms with E-state index in [-0.39, 0.29) is 0 Å². The Morgan fingerprint density at radius 2 is 1.38 bits per heavy atom. The van der Waals surface area contributed by atoms with Crippen LogP contribution >= 0.6 is 11.3 Å². The fourth-order valence-electron chi connectivity index (χ4n) is 4.83. The summed E-state index contributed by atoms with van der Waals surface area (Å²) in [4.78, 5) is 39.4. The van der Waals surface area contributed by atoms with Crippen LogP contribution in [0.15, 0.2) is 36.5 Å². The molecule has 2 aromatic rings. The van der Waals surface area contributed by atoms with Gasteiger partial charge in [0, 0.05) is 48.7 Å². The Balaban J connectivity index is 0.000000448. The second-order valence-corrected chi connectivity index (χ2v) is 12.1. The number of carbonyl (C=O) groups is 3. The first-order chi connectivity index (χ1) is 22.0. The third-order valence-electron chi connectivity index (χ3n) is 6.99. The van der Waals surface area contributed by atoms with Crippen molar-refractivity contribution in [2.45, 2.75) is 63.8 Å². The molecule has 0 radical (unpaired) electrons. The number of methoxy groups -OCH3 is 1. The van der Waals surface area contributed by atoms with E-state index in [0.717, 1.165) is 19.7 Å². The summed E-state index contributed by atoms with van der Waals surface area (Å²) in [6.07, 6.45) is -9.48. The zero-order valence-electron chi connectivity index (χ0n) is 25.5. The Morgan fingerprint density at radius 3 is 1.75 bits per heavy atom. The molecule has 10 nitrogen and oxygen atoms in total. The van der Waals surface area contributed by atoms with E-state index >= 15 is 0 Å². The highest BCUT2D eigenvalue weighted by Crippen LogP contribution is 2.44. The Kier molecular flexibility index (Phi) is 16.2. The molecule has 2 fully saturated rings. The van der Waals surface area contributed by atoms with Crippen molar-refractivity contribution < 1.29 is 74.0 Å². The first-order valence-electron chi connectivity index (χ1n) is 13.8. The van der Waals surface area contributed by atoms with E-state index in [9.17, 15) is 39.5 Å². The molecular formula is C28H34F9N3O7S. The summed E-state index contributed by atoms with van der Waals surface area (Å²) in [7, 11) is 1.83. The number of piperidine rings is 1. The van der Waals surface area contributed by atoms with E-state index in [1.54, 1.807) is 0 Å². The summed E-state index contributed by atoms with van der Waals surface area (Å²) in [5, 5.41) is 21.4. The molecule has 3 N–H and O–H groups in total. The summed E-state index contributed by atoms with van der Waals surface area (Å²) in [6.45, 7) is 8.70. The standard InChI is InChI=1S/C22H31N3OS.3C2HF3O2/c1-18-6-7-21(27-18)15-24-11-8-22(9-12-24)13-20(16-26-2)25(17-22)14-19-5-3-4-10-23-19;3*3-2(4,5)1(6)7/h3-7,10,20H,8-9,11-17H2,1-2H3;3*(H,6,7). The number of aromatic nitrogens is 1. The van der Waals surface area contributed by atoms with Crippen LogP contribution in [-0.4, -0.2) is 106 Å². The van der Waals surface area contributed by atoms with E-state index in [0.29, 0.717) is 11.5 Å². The lowest BCUT2D eigenvalue weighted by atomic mass is 9.76. The molecule has 272 valence electrons. The number of halogens is 9. The second-order valence-electron chi connectivity index (χ2n) is 10.7. The maximum atomic E-state index is 10.6. The molecule has 0 saturated carbocycles. The van der Waals surface area contributed by atoms with Gasteiger partial charge in [0.25, 0.3) is 0 Å². The molecule has 0 amide bonds. The van der Waals surface area contributed by atoms with Gasteiger partial charge in [-0.15, -0.1) is 11.3 Å². The monoisotopic (exact) mass is 727 g/mol. The smallest absolute Gasteiger partial charge is 0.475 e. The van der Waals surface area contributed by atoms with Crippen LogP contribution in [0.3, 0.4) is 0 Å². The fraction of sp³-hybridized carbons (Fsp3) is 0.571. The van der Waals surface area contributed by atoms with Crippen LogP contribution in [0.1, 0.15) is 34.7 Å². The van der Waals surface area contributed by atoms with E-state index < -0.39 is 36.4 Å². The number of nitrogens with zero attached hydrogens (tertiary/aromatic N) is 3. The maximum Gasteiger partial charge on any atom is 0.490 e. The molecule has 0 aliphatic carbocycles. The van der Waals surface area contributed by atoms with Crippen LogP contribution in [0, 0.1) is 12.3 Å². The van der Waals surface area contributed by atoms with Gasteiger partial charge in [-0.3, -0.25) is 14.8 Å². The molecule has 1 unspecified atom stereocenters. The zero-order chi connectivity index (χ0) is 36.9. The highest BCUT2D eigenvalue weighted by Gasteiger charge is 2.45. The molecule has 1 atom stereocenters. The summed E-state index contributed by atoms with van der Waals surface area (Å²) in [6, 6.07) is 11.3. The number of carboxylic acid groups (broad SMARTS) is 3. The molecule has 4 heterocycles. The summed E-state index contributed by atoms with van der Waals surface area (Å²) < 4.78 is 101. The first kappa shape index (κ1) is 42.5. The molecule has 0 bridgehead atoms. The molecule has 2 saturated heterocycles. The maximum absolute atomic E-state index is 10.6. The Labute approximate surface area is 272 Å². The predicted molar refractivity (Wildman–Crippen MR) is 152 cm³/mol. The number of carboxylic acids is 3. The molecule has 4 rings (SSSR count). The first-order valence-corrected chi connectivity index (χ1v) is 14.6. The van der Waals surface area contributed by atoms with Crippen molar-refractivity contribution in [3.05, 3.63) is 52.0 Å². The average Bonchev–Trinajstić information content (AvgIpc) is 3.52. The molecule has 2 aliphatic rings. The van der Waals surface area contributed by atoms with E-state index in [1.165, 1.54) is 54.3 Å². The summed E-state index contributed by atoms with van der Waals surface area (Å²) >= 11 is 1.94. The minimum atomic E-state index is -5.08. The van der Waals surface area contributed by atoms with Gasteiger partial charge in [0.2, 0.25) is 0 Å². The van der Waals surface area contributed by atoms with Gasteiger partial charge in [-0.05, 0) is 69.0 Å². The zero-order valence-corrected chi connectivity index (χ0v) is 26.3. The van der Waals surface area contributed by atoms with Gasteiger partial charge in [0.05, 0.1) is 12.3 Å². The van der Waals surface area contributed by atoms with Gasteiger partial charge >= 0.3 is 36.4 Å². The van der Waals surface area contributed by atoms with E-state index in [1.807, 2.05) is 30.7 Å². The fourth-order valence-corrected chi connectivity index (χ4v) is 5.77. The number of hydrogen-bond acceptors (Lipinski definition) is 8. The van der Waals surface area contributed by atoms with Crippen LogP contribution in [0.2, 0.25) is 0 Å². The van der Waals surface area contributed by atoms with Gasteiger partial charge in [0.15, 0.2) is 0 Å². The number of thiophene rings is 1. The molecule has 48 heavy (non-hydrogen) atoms. The molecule has 2 aromatic heterocycles. The minimum Gasteiger partial charge on any atom is -0.475 e. The second kappa shape index (κ2) is 18.3. The average molecular weight is 728 g/mol.